The zero-order valence-electron chi connectivity index (χ0n) is 10.2. The van der Waals surface area contributed by atoms with E-state index in [2.05, 4.69) is 62.5 Å². The molecule has 0 aromatic rings. The lowest BCUT2D eigenvalue weighted by molar-refractivity contribution is -0.0540. The van der Waals surface area contributed by atoms with Crippen LogP contribution in [-0.2, 0) is 0 Å². The number of rotatable bonds is 2. The van der Waals surface area contributed by atoms with Gasteiger partial charge in [-0.05, 0) is 23.7 Å². The Hall–Kier alpha value is -1.04. The molecule has 0 heteroatoms. The molecule has 0 radical (unpaired) electrons. The Morgan fingerprint density at radius 1 is 0.750 bits per heavy atom. The van der Waals surface area contributed by atoms with Crippen LogP contribution in [0.4, 0.5) is 0 Å². The second-order valence-electron chi connectivity index (χ2n) is 6.34. The van der Waals surface area contributed by atoms with Crippen molar-refractivity contribution in [3.05, 3.63) is 48.6 Å². The van der Waals surface area contributed by atoms with Crippen LogP contribution in [0.25, 0.3) is 0 Å². The molecule has 0 N–H and O–H groups in total. The highest BCUT2D eigenvalue weighted by Crippen LogP contribution is 2.64. The monoisotopic (exact) mass is 212 g/mol. The van der Waals surface area contributed by atoms with Crippen molar-refractivity contribution in [3.8, 4) is 0 Å². The fourth-order valence-corrected chi connectivity index (χ4v) is 4.05. The highest BCUT2D eigenvalue weighted by Gasteiger charge is 2.55. The molecule has 1 fully saturated rings. The maximum atomic E-state index is 2.40. The Kier molecular flexibility index (Phi) is 2.04. The Morgan fingerprint density at radius 2 is 1.12 bits per heavy atom. The summed E-state index contributed by atoms with van der Waals surface area (Å²) in [7, 11) is 0. The zero-order valence-corrected chi connectivity index (χ0v) is 10.2. The third-order valence-corrected chi connectivity index (χ3v) is 4.44. The van der Waals surface area contributed by atoms with Crippen LogP contribution in [0.1, 0.15) is 26.7 Å². The molecule has 0 aliphatic heterocycles. The summed E-state index contributed by atoms with van der Waals surface area (Å²) in [6.45, 7) is 4.80. The molecule has 0 aromatic heterocycles. The van der Waals surface area contributed by atoms with Gasteiger partial charge in [0.25, 0.3) is 0 Å². The molecule has 16 heavy (non-hydrogen) atoms. The summed E-state index contributed by atoms with van der Waals surface area (Å²) in [6, 6.07) is 0. The van der Waals surface area contributed by atoms with Crippen molar-refractivity contribution in [3.63, 3.8) is 0 Å². The van der Waals surface area contributed by atoms with Crippen LogP contribution >= 0.6 is 0 Å². The highest BCUT2D eigenvalue weighted by atomic mass is 14.6. The van der Waals surface area contributed by atoms with E-state index in [0.717, 1.165) is 0 Å². The fraction of sp³-hybridized carbons (Fsp3) is 0.500. The molecule has 3 aliphatic rings. The van der Waals surface area contributed by atoms with Gasteiger partial charge in [-0.3, -0.25) is 0 Å². The third kappa shape index (κ3) is 1.36. The van der Waals surface area contributed by atoms with E-state index in [9.17, 15) is 0 Å². The summed E-state index contributed by atoms with van der Waals surface area (Å²) in [5.41, 5.74) is 1.00. The van der Waals surface area contributed by atoms with Gasteiger partial charge in [-0.2, -0.15) is 0 Å². The molecular formula is C16H20. The molecule has 84 valence electrons. The molecule has 0 saturated heterocycles. The third-order valence-electron chi connectivity index (χ3n) is 4.44. The molecule has 3 rings (SSSR count). The maximum Gasteiger partial charge on any atom is 0.00183 e. The van der Waals surface area contributed by atoms with Gasteiger partial charge in [0.15, 0.2) is 0 Å². The lowest BCUT2D eigenvalue weighted by atomic mass is 9.46. The largest absolute Gasteiger partial charge is 0.0770 e. The molecule has 0 bridgehead atoms. The summed E-state index contributed by atoms with van der Waals surface area (Å²) in [6.07, 6.45) is 21.1. The van der Waals surface area contributed by atoms with Crippen molar-refractivity contribution in [2.45, 2.75) is 26.7 Å². The van der Waals surface area contributed by atoms with E-state index >= 15 is 0 Å². The standard InChI is InChI=1S/C16H20/c1-15(2)11-16(12-15,13-7-3-4-8-13)14-9-5-6-10-14/h3-10,13-14H,11-12H2,1-2H3. The first-order chi connectivity index (χ1) is 7.62. The predicted molar refractivity (Wildman–Crippen MR) is 69.0 cm³/mol. The molecule has 0 nitrogen and oxygen atoms in total. The molecule has 0 amide bonds. The van der Waals surface area contributed by atoms with Crippen LogP contribution in [0.5, 0.6) is 0 Å². The highest BCUT2D eigenvalue weighted by molar-refractivity contribution is 5.31. The van der Waals surface area contributed by atoms with Crippen molar-refractivity contribution < 1.29 is 0 Å². The van der Waals surface area contributed by atoms with Gasteiger partial charge in [-0.25, -0.2) is 0 Å². The fourth-order valence-electron chi connectivity index (χ4n) is 4.05. The molecule has 0 aromatic carbocycles. The molecule has 0 spiro atoms. The van der Waals surface area contributed by atoms with E-state index in [1.165, 1.54) is 12.8 Å². The molecule has 1 saturated carbocycles. The van der Waals surface area contributed by atoms with E-state index in [0.29, 0.717) is 22.7 Å². The van der Waals surface area contributed by atoms with Gasteiger partial charge < -0.3 is 0 Å². The molecule has 0 atom stereocenters. The van der Waals surface area contributed by atoms with Crippen molar-refractivity contribution in [2.24, 2.45) is 22.7 Å². The van der Waals surface area contributed by atoms with Gasteiger partial charge in [0.2, 0.25) is 0 Å². The van der Waals surface area contributed by atoms with Gasteiger partial charge in [0, 0.05) is 11.8 Å². The van der Waals surface area contributed by atoms with E-state index in [1.54, 1.807) is 0 Å². The SMILES string of the molecule is CC1(C)CC(C2C=CC=C2)(C2C=CC=C2)C1. The van der Waals surface area contributed by atoms with Crippen molar-refractivity contribution in [1.82, 2.24) is 0 Å². The average Bonchev–Trinajstić information content (AvgIpc) is 2.87. The van der Waals surface area contributed by atoms with Gasteiger partial charge in [0.05, 0.1) is 0 Å². The quantitative estimate of drug-likeness (QED) is 0.641. The smallest absolute Gasteiger partial charge is 0.00183 e. The van der Waals surface area contributed by atoms with E-state index in [-0.39, 0.29) is 0 Å². The first-order valence-corrected chi connectivity index (χ1v) is 6.32. The van der Waals surface area contributed by atoms with E-state index in [1.807, 2.05) is 0 Å². The second kappa shape index (κ2) is 3.23. The first-order valence-electron chi connectivity index (χ1n) is 6.32. The maximum absolute atomic E-state index is 2.40. The Bertz CT molecular complexity index is 342. The van der Waals surface area contributed by atoms with Gasteiger partial charge in [0.1, 0.15) is 0 Å². The summed E-state index contributed by atoms with van der Waals surface area (Å²) in [5.74, 6) is 1.30. The van der Waals surface area contributed by atoms with Crippen LogP contribution in [0, 0.1) is 22.7 Å². The minimum absolute atomic E-state index is 0.469. The topological polar surface area (TPSA) is 0 Å². The van der Waals surface area contributed by atoms with Crippen LogP contribution in [0.3, 0.4) is 0 Å². The Balaban J connectivity index is 1.90. The van der Waals surface area contributed by atoms with Crippen molar-refractivity contribution in [1.29, 1.82) is 0 Å². The normalized spacial score (nSPS) is 30.1. The molecule has 3 aliphatic carbocycles. The predicted octanol–water partition coefficient (Wildman–Crippen LogP) is 4.28. The minimum atomic E-state index is 0.469. The number of hydrogen-bond acceptors (Lipinski definition) is 0. The Morgan fingerprint density at radius 3 is 1.44 bits per heavy atom. The lowest BCUT2D eigenvalue weighted by Gasteiger charge is -2.58. The van der Waals surface area contributed by atoms with E-state index < -0.39 is 0 Å². The molecular weight excluding hydrogens is 192 g/mol. The minimum Gasteiger partial charge on any atom is -0.0770 e. The Labute approximate surface area is 98.4 Å². The van der Waals surface area contributed by atoms with Gasteiger partial charge in [-0.1, -0.05) is 62.5 Å². The first kappa shape index (κ1) is 10.1. The van der Waals surface area contributed by atoms with E-state index in [4.69, 9.17) is 0 Å². The van der Waals surface area contributed by atoms with Crippen molar-refractivity contribution in [2.75, 3.05) is 0 Å². The van der Waals surface area contributed by atoms with Gasteiger partial charge in [-0.15, -0.1) is 0 Å². The van der Waals surface area contributed by atoms with Crippen LogP contribution in [0.15, 0.2) is 48.6 Å². The summed E-state index contributed by atoms with van der Waals surface area (Å²) in [5, 5.41) is 0. The van der Waals surface area contributed by atoms with Crippen LogP contribution in [-0.4, -0.2) is 0 Å². The lowest BCUT2D eigenvalue weighted by Crippen LogP contribution is -2.50. The average molecular weight is 212 g/mol. The summed E-state index contributed by atoms with van der Waals surface area (Å²) >= 11 is 0. The van der Waals surface area contributed by atoms with Gasteiger partial charge >= 0.3 is 0 Å². The second-order valence-corrected chi connectivity index (χ2v) is 6.34. The van der Waals surface area contributed by atoms with Crippen LogP contribution < -0.4 is 0 Å². The number of hydrogen-bond donors (Lipinski definition) is 0. The summed E-state index contributed by atoms with van der Waals surface area (Å²) in [4.78, 5) is 0. The summed E-state index contributed by atoms with van der Waals surface area (Å²) < 4.78 is 0. The molecule has 0 heterocycles. The zero-order chi connectivity index (χ0) is 11.2. The van der Waals surface area contributed by atoms with Crippen LogP contribution in [0.2, 0.25) is 0 Å². The number of allylic oxidation sites excluding steroid dienone is 8. The van der Waals surface area contributed by atoms with Crippen molar-refractivity contribution >= 4 is 0 Å². The molecule has 0 unspecified atom stereocenters.